The molecule has 1 fully saturated rings. The van der Waals surface area contributed by atoms with Crippen molar-refractivity contribution in [2.24, 2.45) is 0 Å². The van der Waals surface area contributed by atoms with Crippen LogP contribution in [-0.4, -0.2) is 62.7 Å². The fourth-order valence-corrected chi connectivity index (χ4v) is 3.34. The summed E-state index contributed by atoms with van der Waals surface area (Å²) in [6, 6.07) is 13.6. The highest BCUT2D eigenvalue weighted by atomic mass is 35.5. The van der Waals surface area contributed by atoms with Crippen LogP contribution in [-0.2, 0) is 17.8 Å². The molecule has 0 spiro atoms. The van der Waals surface area contributed by atoms with Gasteiger partial charge < -0.3 is 24.6 Å². The van der Waals surface area contributed by atoms with E-state index in [9.17, 15) is 5.11 Å². The number of ether oxygens (including phenoxy) is 3. The van der Waals surface area contributed by atoms with Crippen molar-refractivity contribution in [2.45, 2.75) is 19.2 Å². The number of morpholine rings is 1. The Morgan fingerprint density at radius 3 is 2.48 bits per heavy atom. The van der Waals surface area contributed by atoms with E-state index in [2.05, 4.69) is 10.2 Å². The largest absolute Gasteiger partial charge is 0.493 e. The van der Waals surface area contributed by atoms with E-state index in [4.69, 9.17) is 25.8 Å². The van der Waals surface area contributed by atoms with Crippen molar-refractivity contribution in [3.63, 3.8) is 0 Å². The van der Waals surface area contributed by atoms with E-state index in [1.807, 2.05) is 42.5 Å². The molecule has 0 unspecified atom stereocenters. The maximum absolute atomic E-state index is 10.3. The van der Waals surface area contributed by atoms with Gasteiger partial charge in [-0.3, -0.25) is 4.90 Å². The summed E-state index contributed by atoms with van der Waals surface area (Å²) in [5.41, 5.74) is 2.27. The Bertz CT molecular complexity index is 751. The zero-order chi connectivity index (χ0) is 20.5. The minimum atomic E-state index is -0.557. The van der Waals surface area contributed by atoms with Crippen molar-refractivity contribution < 1.29 is 19.3 Å². The smallest absolute Gasteiger partial charge is 0.161 e. The van der Waals surface area contributed by atoms with Gasteiger partial charge in [0.15, 0.2) is 11.5 Å². The molecule has 1 aliphatic heterocycles. The minimum absolute atomic E-state index is 0.224. The van der Waals surface area contributed by atoms with Gasteiger partial charge in [-0.15, -0.1) is 0 Å². The Balaban J connectivity index is 1.46. The number of nitrogens with one attached hydrogen (secondary N) is 1. The maximum atomic E-state index is 10.3. The third kappa shape index (κ3) is 7.17. The standard InChI is InChI=1S/C22H29ClN2O4/c1-27-22-12-18(14-24-13-17-2-5-19(23)6-3-17)4-7-21(22)29-16-20(26)15-25-8-10-28-11-9-25/h2-7,12,20,24,26H,8-11,13-16H2,1H3/t20-/m0/s1. The Hall–Kier alpha value is -1.83. The van der Waals surface area contributed by atoms with Gasteiger partial charge in [0.2, 0.25) is 0 Å². The molecular weight excluding hydrogens is 392 g/mol. The first-order valence-electron chi connectivity index (χ1n) is 9.87. The second kappa shape index (κ2) is 11.4. The highest BCUT2D eigenvalue weighted by Gasteiger charge is 2.16. The number of hydrogen-bond donors (Lipinski definition) is 2. The van der Waals surface area contributed by atoms with E-state index in [1.54, 1.807) is 7.11 Å². The number of hydrogen-bond acceptors (Lipinski definition) is 6. The second-order valence-electron chi connectivity index (χ2n) is 7.09. The molecule has 1 heterocycles. The first-order chi connectivity index (χ1) is 14.1. The van der Waals surface area contributed by atoms with Crippen molar-refractivity contribution in [1.29, 1.82) is 0 Å². The lowest BCUT2D eigenvalue weighted by atomic mass is 10.2. The van der Waals surface area contributed by atoms with Gasteiger partial charge in [-0.2, -0.15) is 0 Å². The van der Waals surface area contributed by atoms with Crippen molar-refractivity contribution in [2.75, 3.05) is 46.6 Å². The molecule has 0 aliphatic carbocycles. The van der Waals surface area contributed by atoms with E-state index in [0.717, 1.165) is 43.4 Å². The van der Waals surface area contributed by atoms with Gasteiger partial charge in [-0.05, 0) is 35.4 Å². The van der Waals surface area contributed by atoms with Crippen LogP contribution in [0.15, 0.2) is 42.5 Å². The molecule has 7 heteroatoms. The molecule has 3 rings (SSSR count). The van der Waals surface area contributed by atoms with Crippen LogP contribution in [0.1, 0.15) is 11.1 Å². The molecule has 29 heavy (non-hydrogen) atoms. The van der Waals surface area contributed by atoms with Crippen LogP contribution in [0.3, 0.4) is 0 Å². The molecule has 1 aliphatic rings. The van der Waals surface area contributed by atoms with Gasteiger partial charge in [-0.25, -0.2) is 0 Å². The Morgan fingerprint density at radius 2 is 1.76 bits per heavy atom. The number of benzene rings is 2. The zero-order valence-electron chi connectivity index (χ0n) is 16.8. The maximum Gasteiger partial charge on any atom is 0.161 e. The van der Waals surface area contributed by atoms with Crippen LogP contribution in [0.2, 0.25) is 5.02 Å². The number of nitrogens with zero attached hydrogens (tertiary/aromatic N) is 1. The molecule has 0 amide bonds. The van der Waals surface area contributed by atoms with Crippen LogP contribution in [0.4, 0.5) is 0 Å². The summed E-state index contributed by atoms with van der Waals surface area (Å²) in [6.07, 6.45) is -0.557. The molecule has 1 saturated heterocycles. The van der Waals surface area contributed by atoms with Crippen LogP contribution in [0.25, 0.3) is 0 Å². The van der Waals surface area contributed by atoms with Gasteiger partial charge in [-0.1, -0.05) is 29.8 Å². The lowest BCUT2D eigenvalue weighted by molar-refractivity contribution is 0.00445. The van der Waals surface area contributed by atoms with Gasteiger partial charge in [0.05, 0.1) is 20.3 Å². The minimum Gasteiger partial charge on any atom is -0.493 e. The molecule has 6 nitrogen and oxygen atoms in total. The first kappa shape index (κ1) is 21.9. The molecule has 0 aromatic heterocycles. The Morgan fingerprint density at radius 1 is 1.07 bits per heavy atom. The van der Waals surface area contributed by atoms with Crippen molar-refractivity contribution >= 4 is 11.6 Å². The van der Waals surface area contributed by atoms with Crippen molar-refractivity contribution in [1.82, 2.24) is 10.2 Å². The van der Waals surface area contributed by atoms with E-state index < -0.39 is 6.10 Å². The lowest BCUT2D eigenvalue weighted by Gasteiger charge is -2.28. The third-order valence-electron chi connectivity index (χ3n) is 4.80. The number of aliphatic hydroxyl groups excluding tert-OH is 1. The van der Waals surface area contributed by atoms with Crippen LogP contribution >= 0.6 is 11.6 Å². The predicted molar refractivity (Wildman–Crippen MR) is 114 cm³/mol. The summed E-state index contributed by atoms with van der Waals surface area (Å²) in [6.45, 7) is 5.39. The molecule has 0 bridgehead atoms. The molecular formula is C22H29ClN2O4. The number of rotatable bonds is 10. The number of methoxy groups -OCH3 is 1. The molecule has 2 aromatic carbocycles. The average Bonchev–Trinajstić information content (AvgIpc) is 2.75. The summed E-state index contributed by atoms with van der Waals surface area (Å²) < 4.78 is 16.6. The zero-order valence-corrected chi connectivity index (χ0v) is 17.5. The molecule has 2 aromatic rings. The van der Waals surface area contributed by atoms with Gasteiger partial charge in [0, 0.05) is 37.7 Å². The van der Waals surface area contributed by atoms with Gasteiger partial charge >= 0.3 is 0 Å². The average molecular weight is 421 g/mol. The summed E-state index contributed by atoms with van der Waals surface area (Å²) >= 11 is 5.91. The molecule has 2 N–H and O–H groups in total. The summed E-state index contributed by atoms with van der Waals surface area (Å²) in [5.74, 6) is 1.30. The molecule has 0 saturated carbocycles. The summed E-state index contributed by atoms with van der Waals surface area (Å²) in [4.78, 5) is 2.18. The monoisotopic (exact) mass is 420 g/mol. The van der Waals surface area contributed by atoms with E-state index in [1.165, 1.54) is 5.56 Å². The topological polar surface area (TPSA) is 63.2 Å². The van der Waals surface area contributed by atoms with Gasteiger partial charge in [0.1, 0.15) is 12.7 Å². The second-order valence-corrected chi connectivity index (χ2v) is 7.53. The number of aliphatic hydroxyl groups is 1. The Labute approximate surface area is 177 Å². The molecule has 158 valence electrons. The van der Waals surface area contributed by atoms with Crippen molar-refractivity contribution in [3.8, 4) is 11.5 Å². The van der Waals surface area contributed by atoms with Crippen LogP contribution in [0, 0.1) is 0 Å². The Kier molecular flexibility index (Phi) is 8.58. The summed E-state index contributed by atoms with van der Waals surface area (Å²) in [7, 11) is 1.62. The highest BCUT2D eigenvalue weighted by molar-refractivity contribution is 6.30. The number of halogens is 1. The SMILES string of the molecule is COc1cc(CNCc2ccc(Cl)cc2)ccc1OC[C@@H](O)CN1CCOCC1. The van der Waals surface area contributed by atoms with Gasteiger partial charge in [0.25, 0.3) is 0 Å². The highest BCUT2D eigenvalue weighted by Crippen LogP contribution is 2.28. The predicted octanol–water partition coefficient (Wildman–Crippen LogP) is 2.71. The lowest BCUT2D eigenvalue weighted by Crippen LogP contribution is -2.42. The van der Waals surface area contributed by atoms with E-state index in [0.29, 0.717) is 24.6 Å². The molecule has 0 radical (unpaired) electrons. The van der Waals surface area contributed by atoms with Crippen molar-refractivity contribution in [3.05, 3.63) is 58.6 Å². The third-order valence-corrected chi connectivity index (χ3v) is 5.06. The fraction of sp³-hybridized carbons (Fsp3) is 0.455. The normalized spacial score (nSPS) is 15.8. The first-order valence-corrected chi connectivity index (χ1v) is 10.2. The molecule has 1 atom stereocenters. The van der Waals surface area contributed by atoms with Crippen LogP contribution in [0.5, 0.6) is 11.5 Å². The quantitative estimate of drug-likeness (QED) is 0.616. The van der Waals surface area contributed by atoms with Crippen LogP contribution < -0.4 is 14.8 Å². The fourth-order valence-electron chi connectivity index (χ4n) is 3.22. The van der Waals surface area contributed by atoms with E-state index >= 15 is 0 Å². The van der Waals surface area contributed by atoms with E-state index in [-0.39, 0.29) is 6.61 Å². The summed E-state index contributed by atoms with van der Waals surface area (Å²) in [5, 5.41) is 14.4. The number of β-amino-alcohol motifs (C(OH)–C–C–N with tert-alkyl or cyclic N) is 1.